The Morgan fingerprint density at radius 2 is 1.71 bits per heavy atom. The molecular formula is C19H21Cl2NO2. The third-order valence-corrected chi connectivity index (χ3v) is 7.28. The molecule has 1 N–H and O–H groups in total. The van der Waals surface area contributed by atoms with Gasteiger partial charge in [0.1, 0.15) is 4.33 Å². The molecule has 3 aliphatic carbocycles. The number of fused-ring (bicyclic) bond motifs is 2. The Balaban J connectivity index is 1.39. The van der Waals surface area contributed by atoms with Crippen LogP contribution in [0.1, 0.15) is 43.0 Å². The lowest BCUT2D eigenvalue weighted by Gasteiger charge is -2.06. The Morgan fingerprint density at radius 1 is 1.08 bits per heavy atom. The monoisotopic (exact) mass is 365 g/mol. The van der Waals surface area contributed by atoms with Crippen LogP contribution < -0.4 is 5.32 Å². The van der Waals surface area contributed by atoms with Crippen LogP contribution in [0.5, 0.6) is 0 Å². The van der Waals surface area contributed by atoms with Gasteiger partial charge in [-0.25, -0.2) is 0 Å². The van der Waals surface area contributed by atoms with Gasteiger partial charge in [-0.05, 0) is 68.4 Å². The molecule has 3 nitrogen and oxygen atoms in total. The van der Waals surface area contributed by atoms with Crippen molar-refractivity contribution in [2.75, 3.05) is 5.32 Å². The summed E-state index contributed by atoms with van der Waals surface area (Å²) in [5.74, 6) is 1.95. The fourth-order valence-corrected chi connectivity index (χ4v) is 5.57. The highest BCUT2D eigenvalue weighted by molar-refractivity contribution is 6.51. The van der Waals surface area contributed by atoms with Gasteiger partial charge in [-0.2, -0.15) is 0 Å². The Hall–Kier alpha value is -1.06. The molecule has 3 fully saturated rings. The van der Waals surface area contributed by atoms with E-state index in [1.807, 2.05) is 6.07 Å². The summed E-state index contributed by atoms with van der Waals surface area (Å²) < 4.78 is -0.512. The molecule has 128 valence electrons. The van der Waals surface area contributed by atoms with Gasteiger partial charge < -0.3 is 5.32 Å². The van der Waals surface area contributed by atoms with E-state index in [2.05, 4.69) is 5.32 Å². The van der Waals surface area contributed by atoms with Gasteiger partial charge in [0.2, 0.25) is 5.91 Å². The van der Waals surface area contributed by atoms with Crippen LogP contribution >= 0.6 is 23.2 Å². The molecule has 0 aliphatic heterocycles. The zero-order valence-corrected chi connectivity index (χ0v) is 15.1. The molecule has 1 aromatic rings. The Bertz CT molecular complexity index is 680. The second-order valence-corrected chi connectivity index (χ2v) is 8.97. The SMILES string of the molecule is CC(=O)c1cccc(NC(=O)C2[C@H]3CC[C@@H]4[C@@H](CC[C@@H]23)C4(Cl)Cl)c1. The summed E-state index contributed by atoms with van der Waals surface area (Å²) in [5.41, 5.74) is 1.32. The summed E-state index contributed by atoms with van der Waals surface area (Å²) in [6.07, 6.45) is 4.14. The number of alkyl halides is 2. The van der Waals surface area contributed by atoms with E-state index in [0.717, 1.165) is 25.7 Å². The fraction of sp³-hybridized carbons (Fsp3) is 0.579. The molecule has 0 bridgehead atoms. The van der Waals surface area contributed by atoms with E-state index in [4.69, 9.17) is 23.2 Å². The third kappa shape index (κ3) is 2.76. The van der Waals surface area contributed by atoms with Gasteiger partial charge >= 0.3 is 0 Å². The molecule has 24 heavy (non-hydrogen) atoms. The van der Waals surface area contributed by atoms with Crippen LogP contribution in [-0.2, 0) is 4.79 Å². The van der Waals surface area contributed by atoms with Crippen LogP contribution in [0, 0.1) is 29.6 Å². The second-order valence-electron chi connectivity index (χ2n) is 7.52. The molecule has 4 rings (SSSR count). The van der Waals surface area contributed by atoms with Crippen molar-refractivity contribution in [1.29, 1.82) is 0 Å². The van der Waals surface area contributed by atoms with Gasteiger partial charge in [-0.1, -0.05) is 12.1 Å². The van der Waals surface area contributed by atoms with Crippen molar-refractivity contribution < 1.29 is 9.59 Å². The normalized spacial score (nSPS) is 35.7. The molecule has 5 atom stereocenters. The molecule has 3 saturated carbocycles. The maximum Gasteiger partial charge on any atom is 0.228 e. The second kappa shape index (κ2) is 5.74. The standard InChI is InChI=1S/C19H21Cl2NO2/c1-10(23)11-3-2-4-12(9-11)22-18(24)17-13-5-7-15-16(19(15,20)21)8-6-14(13)17/h2-4,9,13-17H,5-8H2,1H3,(H,22,24)/t13-,14+,15-,16-,17?/m1/s1. The van der Waals surface area contributed by atoms with Crippen LogP contribution in [0.2, 0.25) is 0 Å². The Labute approximate surface area is 152 Å². The smallest absolute Gasteiger partial charge is 0.228 e. The largest absolute Gasteiger partial charge is 0.326 e. The molecule has 0 saturated heterocycles. The number of anilines is 1. The van der Waals surface area contributed by atoms with Crippen molar-refractivity contribution >= 4 is 40.6 Å². The van der Waals surface area contributed by atoms with Crippen molar-refractivity contribution in [1.82, 2.24) is 0 Å². The molecule has 1 unspecified atom stereocenters. The molecule has 5 heteroatoms. The number of carbonyl (C=O) groups is 2. The number of Topliss-reactive ketones (excluding diaryl/α,β-unsaturated/α-hetero) is 1. The number of carbonyl (C=O) groups excluding carboxylic acids is 2. The van der Waals surface area contributed by atoms with Crippen LogP contribution in [0.15, 0.2) is 24.3 Å². The average Bonchev–Trinajstić information content (AvgIpc) is 3.32. The summed E-state index contributed by atoms with van der Waals surface area (Å²) in [6.45, 7) is 1.53. The number of benzene rings is 1. The number of amides is 1. The zero-order chi connectivity index (χ0) is 17.1. The lowest BCUT2D eigenvalue weighted by atomic mass is 10.0. The molecular weight excluding hydrogens is 345 g/mol. The van der Waals surface area contributed by atoms with Crippen LogP contribution in [0.3, 0.4) is 0 Å². The van der Waals surface area contributed by atoms with Gasteiger partial charge in [-0.3, -0.25) is 9.59 Å². The zero-order valence-electron chi connectivity index (χ0n) is 13.6. The molecule has 1 aromatic carbocycles. The third-order valence-electron chi connectivity index (χ3n) is 6.16. The molecule has 0 aromatic heterocycles. The summed E-state index contributed by atoms with van der Waals surface area (Å²) in [4.78, 5) is 24.1. The van der Waals surface area contributed by atoms with E-state index in [9.17, 15) is 9.59 Å². The Morgan fingerprint density at radius 3 is 2.29 bits per heavy atom. The Kier molecular flexibility index (Phi) is 3.92. The van der Waals surface area contributed by atoms with E-state index >= 15 is 0 Å². The molecule has 0 spiro atoms. The number of hydrogen-bond donors (Lipinski definition) is 1. The number of ketones is 1. The molecule has 3 aliphatic rings. The number of rotatable bonds is 3. The fourth-order valence-electron chi connectivity index (χ4n) is 4.65. The molecule has 0 heterocycles. The van der Waals surface area contributed by atoms with Gasteiger partial charge in [0.25, 0.3) is 0 Å². The summed E-state index contributed by atoms with van der Waals surface area (Å²) in [5, 5.41) is 2.99. The van der Waals surface area contributed by atoms with Crippen LogP contribution in [-0.4, -0.2) is 16.0 Å². The predicted octanol–water partition coefficient (Wildman–Crippen LogP) is 4.68. The number of hydrogen-bond acceptors (Lipinski definition) is 2. The minimum absolute atomic E-state index is 0.00373. The first-order valence-electron chi connectivity index (χ1n) is 8.69. The number of nitrogens with one attached hydrogen (secondary N) is 1. The minimum Gasteiger partial charge on any atom is -0.326 e. The van der Waals surface area contributed by atoms with Crippen molar-refractivity contribution in [3.63, 3.8) is 0 Å². The van der Waals surface area contributed by atoms with Crippen molar-refractivity contribution in [3.8, 4) is 0 Å². The van der Waals surface area contributed by atoms with E-state index in [0.29, 0.717) is 34.9 Å². The molecule has 1 amide bonds. The highest BCUT2D eigenvalue weighted by Gasteiger charge is 2.65. The van der Waals surface area contributed by atoms with Crippen molar-refractivity contribution in [3.05, 3.63) is 29.8 Å². The van der Waals surface area contributed by atoms with Crippen molar-refractivity contribution in [2.45, 2.75) is 36.9 Å². The first kappa shape index (κ1) is 16.4. The highest BCUT2D eigenvalue weighted by atomic mass is 35.5. The highest BCUT2D eigenvalue weighted by Crippen LogP contribution is 2.67. The quantitative estimate of drug-likeness (QED) is 0.624. The lowest BCUT2D eigenvalue weighted by Crippen LogP contribution is -2.16. The summed E-state index contributed by atoms with van der Waals surface area (Å²) in [6, 6.07) is 7.14. The van der Waals surface area contributed by atoms with Crippen LogP contribution in [0.25, 0.3) is 0 Å². The maximum absolute atomic E-state index is 12.6. The maximum atomic E-state index is 12.6. The van der Waals surface area contributed by atoms with Gasteiger partial charge in [-0.15, -0.1) is 23.2 Å². The topological polar surface area (TPSA) is 46.2 Å². The first-order valence-corrected chi connectivity index (χ1v) is 9.45. The van der Waals surface area contributed by atoms with Gasteiger partial charge in [0.15, 0.2) is 5.78 Å². The van der Waals surface area contributed by atoms with Crippen LogP contribution in [0.4, 0.5) is 5.69 Å². The van der Waals surface area contributed by atoms with E-state index < -0.39 is 4.33 Å². The van der Waals surface area contributed by atoms with E-state index in [-0.39, 0.29) is 17.6 Å². The van der Waals surface area contributed by atoms with Gasteiger partial charge in [0.05, 0.1) is 0 Å². The first-order chi connectivity index (χ1) is 11.4. The minimum atomic E-state index is -0.512. The van der Waals surface area contributed by atoms with E-state index in [1.54, 1.807) is 18.2 Å². The predicted molar refractivity (Wildman–Crippen MR) is 95.4 cm³/mol. The average molecular weight is 366 g/mol. The van der Waals surface area contributed by atoms with E-state index in [1.165, 1.54) is 6.92 Å². The summed E-state index contributed by atoms with van der Waals surface area (Å²) in [7, 11) is 0. The lowest BCUT2D eigenvalue weighted by molar-refractivity contribution is -0.117. The summed E-state index contributed by atoms with van der Waals surface area (Å²) >= 11 is 12.7. The van der Waals surface area contributed by atoms with Crippen molar-refractivity contribution in [2.24, 2.45) is 29.6 Å². The number of halogens is 2. The van der Waals surface area contributed by atoms with Gasteiger partial charge in [0, 0.05) is 17.2 Å². The molecule has 0 radical (unpaired) electrons.